The van der Waals surface area contributed by atoms with Crippen LogP contribution in [0.15, 0.2) is 53.8 Å². The van der Waals surface area contributed by atoms with E-state index in [1.54, 1.807) is 11.8 Å². The molecule has 3 atom stereocenters. The van der Waals surface area contributed by atoms with Gasteiger partial charge in [0.15, 0.2) is 11.5 Å². The summed E-state index contributed by atoms with van der Waals surface area (Å²) < 4.78 is 35.9. The number of allylic oxidation sites excluding steroid dienone is 4. The first-order chi connectivity index (χ1) is 19.9. The number of nitrogens with two attached hydrogens (primary N) is 1. The van der Waals surface area contributed by atoms with Gasteiger partial charge in [-0.3, -0.25) is 24.9 Å². The minimum absolute atomic E-state index is 0.162. The predicted octanol–water partition coefficient (Wildman–Crippen LogP) is 4.75. The van der Waals surface area contributed by atoms with E-state index in [2.05, 4.69) is 48.7 Å². The van der Waals surface area contributed by atoms with Gasteiger partial charge in [0, 0.05) is 19.8 Å². The molecule has 1 aliphatic carbocycles. The van der Waals surface area contributed by atoms with Gasteiger partial charge in [0.05, 0.1) is 36.1 Å². The normalized spacial score (nSPS) is 23.9. The second-order valence-corrected chi connectivity index (χ2v) is 11.4. The van der Waals surface area contributed by atoms with Crippen molar-refractivity contribution in [2.45, 2.75) is 65.1 Å². The van der Waals surface area contributed by atoms with Crippen molar-refractivity contribution in [3.8, 4) is 11.8 Å². The average Bonchev–Trinajstić information content (AvgIpc) is 3.25. The summed E-state index contributed by atoms with van der Waals surface area (Å²) in [7, 11) is 1.34. The first-order valence-electron chi connectivity index (χ1n) is 13.9. The van der Waals surface area contributed by atoms with Crippen LogP contribution in [-0.4, -0.2) is 58.6 Å². The highest BCUT2D eigenvalue weighted by Gasteiger charge is 2.38. The molecule has 0 aromatic carbocycles. The van der Waals surface area contributed by atoms with Crippen molar-refractivity contribution in [2.24, 2.45) is 33.5 Å². The Labute approximate surface area is 249 Å². The third-order valence-electron chi connectivity index (χ3n) is 7.45. The van der Waals surface area contributed by atoms with E-state index in [0.29, 0.717) is 18.2 Å². The molecule has 1 aliphatic heterocycles. The lowest BCUT2D eigenvalue weighted by molar-refractivity contribution is 0.158. The summed E-state index contributed by atoms with van der Waals surface area (Å²) in [4.78, 5) is 24.0. The Morgan fingerprint density at radius 2 is 2.14 bits per heavy atom. The van der Waals surface area contributed by atoms with Crippen LogP contribution in [0.3, 0.4) is 0 Å². The molecule has 228 valence electrons. The van der Waals surface area contributed by atoms with E-state index in [1.165, 1.54) is 33.3 Å². The Bertz CT molecular complexity index is 1400. The van der Waals surface area contributed by atoms with Crippen molar-refractivity contribution in [3.05, 3.63) is 50.9 Å². The summed E-state index contributed by atoms with van der Waals surface area (Å²) >= 11 is 6.12. The maximum absolute atomic E-state index is 16.5. The third-order valence-corrected chi connectivity index (χ3v) is 7.64. The molecule has 10 nitrogen and oxygen atoms in total. The van der Waals surface area contributed by atoms with Crippen molar-refractivity contribution in [2.75, 3.05) is 20.1 Å². The van der Waals surface area contributed by atoms with Gasteiger partial charge in [-0.2, -0.15) is 0 Å². The fraction of sp³-hybridized carbons (Fsp3) is 0.552. The van der Waals surface area contributed by atoms with Crippen LogP contribution in [0.5, 0.6) is 0 Å². The fourth-order valence-electron chi connectivity index (χ4n) is 5.30. The Morgan fingerprint density at radius 3 is 2.71 bits per heavy atom. The van der Waals surface area contributed by atoms with Crippen LogP contribution in [0.1, 0.15) is 65.2 Å². The van der Waals surface area contributed by atoms with Gasteiger partial charge in [-0.1, -0.05) is 48.4 Å². The second kappa shape index (κ2) is 14.4. The zero-order valence-corrected chi connectivity index (χ0v) is 25.4. The zero-order chi connectivity index (χ0) is 31.0. The molecule has 3 unspecified atom stereocenters. The molecule has 42 heavy (non-hydrogen) atoms. The topological polar surface area (TPSA) is 149 Å². The molecular weight excluding hydrogens is 566 g/mol. The summed E-state index contributed by atoms with van der Waals surface area (Å²) in [6.45, 7) is 6.66. The number of aromatic amines is 1. The molecule has 0 saturated heterocycles. The highest BCUT2D eigenvalue weighted by Crippen LogP contribution is 2.32. The summed E-state index contributed by atoms with van der Waals surface area (Å²) in [6.07, 6.45) is 7.94. The fourth-order valence-corrected chi connectivity index (χ4v) is 5.41. The van der Waals surface area contributed by atoms with Gasteiger partial charge in [-0.15, -0.1) is 0 Å². The van der Waals surface area contributed by atoms with Crippen LogP contribution < -0.4 is 16.8 Å². The van der Waals surface area contributed by atoms with Crippen LogP contribution in [-0.2, 0) is 0 Å². The number of aliphatic imine (C=N–C) groups is 2. The molecule has 3 rings (SSSR count). The number of amidine groups is 1. The molecule has 13 heteroatoms. The molecule has 0 bridgehead atoms. The molecule has 2 heterocycles. The summed E-state index contributed by atoms with van der Waals surface area (Å²) in [6, 6.07) is -0.648. The van der Waals surface area contributed by atoms with Gasteiger partial charge in [-0.25, -0.2) is 13.6 Å². The van der Waals surface area contributed by atoms with Crippen LogP contribution in [0.2, 0.25) is 0 Å². The third kappa shape index (κ3) is 8.41. The molecule has 1 aromatic rings. The molecule has 0 radical (unpaired) electrons. The average molecular weight is 605 g/mol. The Balaban J connectivity index is 2.19. The monoisotopic (exact) mass is 604 g/mol. The van der Waals surface area contributed by atoms with E-state index >= 15 is 4.39 Å². The van der Waals surface area contributed by atoms with Crippen molar-refractivity contribution < 1.29 is 13.3 Å². The van der Waals surface area contributed by atoms with Crippen molar-refractivity contribution in [1.29, 1.82) is 5.41 Å². The molecule has 1 aromatic heterocycles. The van der Waals surface area contributed by atoms with E-state index in [-0.39, 0.29) is 40.6 Å². The Hall–Kier alpha value is -3.72. The lowest BCUT2D eigenvalue weighted by Crippen LogP contribution is -2.48. The van der Waals surface area contributed by atoms with Crippen LogP contribution in [0, 0.1) is 35.0 Å². The number of rotatable bonds is 12. The van der Waals surface area contributed by atoms with E-state index in [1.807, 2.05) is 0 Å². The zero-order valence-electron chi connectivity index (χ0n) is 24.6. The van der Waals surface area contributed by atoms with Gasteiger partial charge in [-0.05, 0) is 51.5 Å². The van der Waals surface area contributed by atoms with E-state index < -0.39 is 29.2 Å². The quantitative estimate of drug-likeness (QED) is 0.154. The first kappa shape index (κ1) is 32.8. The summed E-state index contributed by atoms with van der Waals surface area (Å²) in [5.74, 6) is 4.15. The van der Waals surface area contributed by atoms with Gasteiger partial charge in [0.1, 0.15) is 22.4 Å². The Morgan fingerprint density at radius 1 is 1.45 bits per heavy atom. The summed E-state index contributed by atoms with van der Waals surface area (Å²) in [5, 5.41) is 15.9. The molecule has 0 spiro atoms. The van der Waals surface area contributed by atoms with Crippen molar-refractivity contribution >= 4 is 29.4 Å². The minimum Gasteiger partial charge on any atom is -0.382 e. The molecule has 2 aliphatic rings. The minimum atomic E-state index is -2.25. The SMILES string of the molecule is C/C=C(/F)C(=NC)C(C)(F)CN(CC1CCC(C)CC1)C(C(=N)N)=C(NC(C)c1noc(=O)[nH]1)C1C#CC(Cl)=CN=C1. The maximum atomic E-state index is 16.5. The lowest BCUT2D eigenvalue weighted by atomic mass is 9.82. The van der Waals surface area contributed by atoms with E-state index in [4.69, 9.17) is 22.7 Å². The van der Waals surface area contributed by atoms with Gasteiger partial charge in [0.25, 0.3) is 0 Å². The number of alkyl halides is 1. The number of hydrogen-bond donors (Lipinski definition) is 4. The number of nitrogens with zero attached hydrogens (tertiary/aromatic N) is 4. The number of H-pyrrole nitrogens is 1. The standard InChI is InChI=1S/C29H39ClF2N8O2/c1-6-22(31)25(35-5)29(4,32)16-40(15-19-9-7-17(2)8-10-19)24(26(33)34)23(20-11-12-21(30)14-36-13-20)37-18(3)27-38-28(41)42-39-27/h6,13-14,17-20,37H,7-10,15-16H2,1-5H3,(H3,33,34)(H,38,39,41)/b22-6+,24-23?,35-25?. The van der Waals surface area contributed by atoms with Crippen LogP contribution in [0.25, 0.3) is 0 Å². The number of aromatic nitrogens is 2. The highest BCUT2D eigenvalue weighted by atomic mass is 35.5. The Kier molecular flexibility index (Phi) is 11.3. The predicted molar refractivity (Wildman–Crippen MR) is 162 cm³/mol. The second-order valence-electron chi connectivity index (χ2n) is 11.0. The smallest absolute Gasteiger partial charge is 0.382 e. The first-order valence-corrected chi connectivity index (χ1v) is 14.3. The molecular formula is C29H39ClF2N8O2. The van der Waals surface area contributed by atoms with Gasteiger partial charge in [0.2, 0.25) is 0 Å². The largest absolute Gasteiger partial charge is 0.438 e. The summed E-state index contributed by atoms with van der Waals surface area (Å²) in [5.41, 5.74) is 4.13. The molecule has 0 amide bonds. The highest BCUT2D eigenvalue weighted by molar-refractivity contribution is 6.32. The van der Waals surface area contributed by atoms with E-state index in [9.17, 15) is 9.18 Å². The van der Waals surface area contributed by atoms with Gasteiger partial charge >= 0.3 is 5.76 Å². The lowest BCUT2D eigenvalue weighted by Gasteiger charge is -2.39. The van der Waals surface area contributed by atoms with Crippen LogP contribution in [0.4, 0.5) is 8.78 Å². The van der Waals surface area contributed by atoms with Gasteiger partial charge < -0.3 is 16.0 Å². The molecule has 1 saturated carbocycles. The van der Waals surface area contributed by atoms with Crippen molar-refractivity contribution in [3.63, 3.8) is 0 Å². The molecule has 5 N–H and O–H groups in total. The maximum Gasteiger partial charge on any atom is 0.438 e. The van der Waals surface area contributed by atoms with Crippen molar-refractivity contribution in [1.82, 2.24) is 20.4 Å². The number of halogens is 3. The van der Waals surface area contributed by atoms with Crippen LogP contribution >= 0.6 is 11.6 Å². The number of hydrogen-bond acceptors (Lipinski definition) is 8. The number of nitrogens with one attached hydrogen (secondary N) is 3. The molecule has 1 fully saturated rings. The van der Waals surface area contributed by atoms with E-state index in [0.717, 1.165) is 31.8 Å².